The van der Waals surface area contributed by atoms with Gasteiger partial charge in [0, 0.05) is 42.5 Å². The Bertz CT molecular complexity index is 1670. The zero-order chi connectivity index (χ0) is 26.1. The van der Waals surface area contributed by atoms with E-state index in [9.17, 15) is 9.59 Å². The average Bonchev–Trinajstić information content (AvgIpc) is 3.43. The number of furan rings is 1. The standard InChI is InChI=1S/C28H24N4O5/c1-16-24(22-6-5-13-36-22)27(33)25(17(2)32(16)3)28(34)31-18-7-9-19(10-8-18)37-23-11-12-29-21-14-20(35-4)15-30-26(21)23/h5-15H,1-4H3,(H,31,34). The molecule has 0 bridgehead atoms. The van der Waals surface area contributed by atoms with Crippen LogP contribution in [0.1, 0.15) is 21.7 Å². The van der Waals surface area contributed by atoms with Crippen molar-refractivity contribution in [2.24, 2.45) is 7.05 Å². The van der Waals surface area contributed by atoms with E-state index >= 15 is 0 Å². The van der Waals surface area contributed by atoms with Crippen LogP contribution in [0, 0.1) is 13.8 Å². The first-order valence-electron chi connectivity index (χ1n) is 11.5. The van der Waals surface area contributed by atoms with Crippen molar-refractivity contribution in [1.82, 2.24) is 14.5 Å². The van der Waals surface area contributed by atoms with Gasteiger partial charge in [-0.1, -0.05) is 0 Å². The second-order valence-electron chi connectivity index (χ2n) is 8.42. The number of fused-ring (bicyclic) bond motifs is 1. The molecule has 0 spiro atoms. The van der Waals surface area contributed by atoms with Gasteiger partial charge in [0.05, 0.1) is 30.6 Å². The number of rotatable bonds is 6. The van der Waals surface area contributed by atoms with E-state index in [0.29, 0.717) is 56.7 Å². The highest BCUT2D eigenvalue weighted by Gasteiger charge is 2.23. The quantitative estimate of drug-likeness (QED) is 0.342. The highest BCUT2D eigenvalue weighted by atomic mass is 16.5. The fourth-order valence-electron chi connectivity index (χ4n) is 4.13. The predicted molar refractivity (Wildman–Crippen MR) is 139 cm³/mol. The first kappa shape index (κ1) is 23.8. The van der Waals surface area contributed by atoms with Crippen LogP contribution in [0.5, 0.6) is 17.2 Å². The molecular formula is C28H24N4O5. The molecule has 186 valence electrons. The minimum Gasteiger partial charge on any atom is -0.495 e. The number of amides is 1. The summed E-state index contributed by atoms with van der Waals surface area (Å²) in [5, 5.41) is 2.82. The molecule has 5 aromatic rings. The molecule has 0 atom stereocenters. The van der Waals surface area contributed by atoms with Gasteiger partial charge in [-0.3, -0.25) is 14.6 Å². The van der Waals surface area contributed by atoms with Gasteiger partial charge >= 0.3 is 0 Å². The number of nitrogens with zero attached hydrogens (tertiary/aromatic N) is 3. The Morgan fingerprint density at radius 3 is 2.51 bits per heavy atom. The van der Waals surface area contributed by atoms with Gasteiger partial charge in [-0.15, -0.1) is 0 Å². The van der Waals surface area contributed by atoms with Crippen LogP contribution in [-0.2, 0) is 7.05 Å². The highest BCUT2D eigenvalue weighted by Crippen LogP contribution is 2.30. The average molecular weight is 497 g/mol. The van der Waals surface area contributed by atoms with Gasteiger partial charge in [-0.25, -0.2) is 4.98 Å². The van der Waals surface area contributed by atoms with Gasteiger partial charge in [0.25, 0.3) is 5.91 Å². The van der Waals surface area contributed by atoms with Gasteiger partial charge in [-0.2, -0.15) is 0 Å². The Morgan fingerprint density at radius 2 is 1.81 bits per heavy atom. The molecule has 1 amide bonds. The molecular weight excluding hydrogens is 472 g/mol. The lowest BCUT2D eigenvalue weighted by molar-refractivity contribution is 0.102. The lowest BCUT2D eigenvalue weighted by Gasteiger charge is -2.16. The third-order valence-electron chi connectivity index (χ3n) is 6.27. The molecule has 0 saturated heterocycles. The van der Waals surface area contributed by atoms with Crippen LogP contribution in [0.3, 0.4) is 0 Å². The molecule has 4 heterocycles. The van der Waals surface area contributed by atoms with Crippen molar-refractivity contribution in [2.45, 2.75) is 13.8 Å². The molecule has 1 N–H and O–H groups in total. The van der Waals surface area contributed by atoms with Crippen molar-refractivity contribution in [3.8, 4) is 28.6 Å². The van der Waals surface area contributed by atoms with E-state index in [1.54, 1.807) is 75.0 Å². The van der Waals surface area contributed by atoms with Crippen LogP contribution in [0.15, 0.2) is 76.4 Å². The van der Waals surface area contributed by atoms with E-state index in [2.05, 4.69) is 15.3 Å². The summed E-state index contributed by atoms with van der Waals surface area (Å²) in [6.07, 6.45) is 4.73. The Kier molecular flexibility index (Phi) is 6.19. The van der Waals surface area contributed by atoms with E-state index < -0.39 is 5.91 Å². The van der Waals surface area contributed by atoms with Gasteiger partial charge in [0.2, 0.25) is 5.43 Å². The summed E-state index contributed by atoms with van der Waals surface area (Å²) in [6.45, 7) is 3.57. The summed E-state index contributed by atoms with van der Waals surface area (Å²) in [6, 6.07) is 13.8. The molecule has 0 aliphatic heterocycles. The Morgan fingerprint density at radius 1 is 1.03 bits per heavy atom. The van der Waals surface area contributed by atoms with Gasteiger partial charge in [-0.05, 0) is 50.2 Å². The van der Waals surface area contributed by atoms with Crippen molar-refractivity contribution in [3.63, 3.8) is 0 Å². The molecule has 0 aliphatic carbocycles. The van der Waals surface area contributed by atoms with Gasteiger partial charge in [0.15, 0.2) is 5.75 Å². The van der Waals surface area contributed by atoms with Crippen LogP contribution in [0.25, 0.3) is 22.4 Å². The fraction of sp³-hybridized carbons (Fsp3) is 0.143. The van der Waals surface area contributed by atoms with Crippen molar-refractivity contribution in [1.29, 1.82) is 0 Å². The number of carbonyl (C=O) groups excluding carboxylic acids is 1. The SMILES string of the molecule is COc1cnc2c(Oc3ccc(NC(=O)c4c(C)n(C)c(C)c(-c5ccco5)c4=O)cc3)ccnc2c1. The Labute approximate surface area is 212 Å². The minimum atomic E-state index is -0.502. The number of pyridine rings is 3. The van der Waals surface area contributed by atoms with E-state index in [4.69, 9.17) is 13.9 Å². The molecule has 0 fully saturated rings. The zero-order valence-corrected chi connectivity index (χ0v) is 20.7. The van der Waals surface area contributed by atoms with Crippen LogP contribution in [0.2, 0.25) is 0 Å². The van der Waals surface area contributed by atoms with E-state index in [1.807, 2.05) is 18.5 Å². The van der Waals surface area contributed by atoms with Crippen molar-refractivity contribution < 1.29 is 18.7 Å². The second kappa shape index (κ2) is 9.62. The fourth-order valence-corrected chi connectivity index (χ4v) is 4.13. The van der Waals surface area contributed by atoms with Crippen LogP contribution in [-0.4, -0.2) is 27.6 Å². The van der Waals surface area contributed by atoms with Crippen LogP contribution >= 0.6 is 0 Å². The van der Waals surface area contributed by atoms with Crippen molar-refractivity contribution in [3.05, 3.63) is 94.4 Å². The van der Waals surface area contributed by atoms with E-state index in [0.717, 1.165) is 0 Å². The summed E-state index contributed by atoms with van der Waals surface area (Å²) < 4.78 is 18.5. The van der Waals surface area contributed by atoms with E-state index in [1.165, 1.54) is 6.26 Å². The van der Waals surface area contributed by atoms with Gasteiger partial charge in [0.1, 0.15) is 28.3 Å². The number of hydrogen-bond acceptors (Lipinski definition) is 7. The number of anilines is 1. The smallest absolute Gasteiger partial charge is 0.261 e. The first-order chi connectivity index (χ1) is 17.9. The third kappa shape index (κ3) is 4.42. The predicted octanol–water partition coefficient (Wildman–Crippen LogP) is 5.26. The molecule has 0 aliphatic rings. The lowest BCUT2D eigenvalue weighted by atomic mass is 10.0. The topological polar surface area (TPSA) is 108 Å². The number of hydrogen-bond donors (Lipinski definition) is 1. The van der Waals surface area contributed by atoms with Gasteiger partial charge < -0.3 is 23.8 Å². The summed E-state index contributed by atoms with van der Waals surface area (Å²) in [7, 11) is 3.38. The minimum absolute atomic E-state index is 0.0598. The first-order valence-corrected chi connectivity index (χ1v) is 11.5. The van der Waals surface area contributed by atoms with Crippen LogP contribution < -0.4 is 20.2 Å². The third-order valence-corrected chi connectivity index (χ3v) is 6.27. The molecule has 0 radical (unpaired) electrons. The zero-order valence-electron chi connectivity index (χ0n) is 20.7. The molecule has 0 saturated carbocycles. The molecule has 1 aromatic carbocycles. The maximum Gasteiger partial charge on any atom is 0.261 e. The van der Waals surface area contributed by atoms with Crippen LogP contribution in [0.4, 0.5) is 5.69 Å². The molecule has 9 heteroatoms. The number of methoxy groups -OCH3 is 1. The second-order valence-corrected chi connectivity index (χ2v) is 8.42. The number of ether oxygens (including phenoxy) is 2. The summed E-state index contributed by atoms with van der Waals surface area (Å²) >= 11 is 0. The number of aromatic nitrogens is 3. The number of benzene rings is 1. The monoisotopic (exact) mass is 496 g/mol. The molecule has 9 nitrogen and oxygen atoms in total. The number of nitrogens with one attached hydrogen (secondary N) is 1. The lowest BCUT2D eigenvalue weighted by Crippen LogP contribution is -2.28. The molecule has 5 rings (SSSR count). The maximum atomic E-state index is 13.3. The van der Waals surface area contributed by atoms with Crippen molar-refractivity contribution >= 4 is 22.6 Å². The summed E-state index contributed by atoms with van der Waals surface area (Å²) in [4.78, 5) is 35.2. The number of carbonyl (C=O) groups is 1. The van der Waals surface area contributed by atoms with Crippen molar-refractivity contribution in [2.75, 3.05) is 12.4 Å². The van der Waals surface area contributed by atoms with E-state index in [-0.39, 0.29) is 11.0 Å². The molecule has 37 heavy (non-hydrogen) atoms. The summed E-state index contributed by atoms with van der Waals surface area (Å²) in [5.41, 5.74) is 3.07. The maximum absolute atomic E-state index is 13.3. The molecule has 0 unspecified atom stereocenters. The summed E-state index contributed by atoms with van der Waals surface area (Å²) in [5.74, 6) is 1.61. The molecule has 4 aromatic heterocycles. The normalized spacial score (nSPS) is 10.9. The largest absolute Gasteiger partial charge is 0.495 e. The Balaban J connectivity index is 1.39. The highest BCUT2D eigenvalue weighted by molar-refractivity contribution is 6.05. The Hall–Kier alpha value is -4.92.